The zero-order valence-corrected chi connectivity index (χ0v) is 10.7. The van der Waals surface area contributed by atoms with E-state index in [2.05, 4.69) is 0 Å². The number of hydrogen-bond donors (Lipinski definition) is 2. The van der Waals surface area contributed by atoms with Crippen molar-refractivity contribution in [3.63, 3.8) is 0 Å². The van der Waals surface area contributed by atoms with Gasteiger partial charge >= 0.3 is 12.1 Å². The van der Waals surface area contributed by atoms with Crippen LogP contribution in [-0.2, 0) is 4.79 Å². The van der Waals surface area contributed by atoms with Crippen molar-refractivity contribution in [1.82, 2.24) is 5.32 Å². The van der Waals surface area contributed by atoms with Gasteiger partial charge in [0.2, 0.25) is 0 Å². The Hall–Kier alpha value is -1.56. The molecular weight excluding hydrogens is 259 g/mol. The largest absolute Gasteiger partial charge is 0.480 e. The van der Waals surface area contributed by atoms with Crippen LogP contribution < -0.4 is 5.32 Å². The lowest BCUT2D eigenvalue weighted by molar-refractivity contribution is -0.143. The van der Waals surface area contributed by atoms with Crippen LogP contribution in [0.15, 0.2) is 24.3 Å². The third-order valence-corrected chi connectivity index (χ3v) is 2.69. The van der Waals surface area contributed by atoms with E-state index in [1.807, 2.05) is 19.2 Å². The van der Waals surface area contributed by atoms with Crippen LogP contribution in [0.2, 0.25) is 0 Å². The molecule has 6 heteroatoms. The fraction of sp³-hybridized carbons (Fsp3) is 0.462. The molecule has 0 spiro atoms. The molecule has 0 saturated carbocycles. The quantitative estimate of drug-likeness (QED) is 0.868. The molecule has 0 aliphatic heterocycles. The number of benzene rings is 1. The number of carboxylic acids is 1. The van der Waals surface area contributed by atoms with Crippen molar-refractivity contribution in [3.8, 4) is 0 Å². The number of aliphatic carboxylic acids is 1. The summed E-state index contributed by atoms with van der Waals surface area (Å²) < 4.78 is 36.3. The van der Waals surface area contributed by atoms with Gasteiger partial charge in [0.25, 0.3) is 0 Å². The van der Waals surface area contributed by atoms with Crippen LogP contribution in [0.1, 0.15) is 36.9 Å². The summed E-state index contributed by atoms with van der Waals surface area (Å²) in [6, 6.07) is 5.17. The van der Waals surface area contributed by atoms with Crippen molar-refractivity contribution in [2.75, 3.05) is 6.54 Å². The SMILES string of the molecule is CC(C)c1ccc(C(NCC(F)(F)F)C(=O)O)cc1. The van der Waals surface area contributed by atoms with Gasteiger partial charge in [0.1, 0.15) is 6.04 Å². The topological polar surface area (TPSA) is 49.3 Å². The number of hydrogen-bond acceptors (Lipinski definition) is 2. The maximum absolute atomic E-state index is 12.1. The van der Waals surface area contributed by atoms with E-state index < -0.39 is 24.7 Å². The molecule has 0 bridgehead atoms. The van der Waals surface area contributed by atoms with E-state index in [0.29, 0.717) is 5.56 Å². The molecule has 0 amide bonds. The van der Waals surface area contributed by atoms with Crippen molar-refractivity contribution in [3.05, 3.63) is 35.4 Å². The first-order valence-electron chi connectivity index (χ1n) is 5.83. The predicted molar refractivity (Wildman–Crippen MR) is 65.0 cm³/mol. The molecule has 0 heterocycles. The molecule has 106 valence electrons. The highest BCUT2D eigenvalue weighted by atomic mass is 19.4. The minimum atomic E-state index is -4.44. The van der Waals surface area contributed by atoms with Crippen molar-refractivity contribution in [2.45, 2.75) is 32.0 Å². The number of nitrogens with one attached hydrogen (secondary N) is 1. The Morgan fingerprint density at radius 3 is 2.05 bits per heavy atom. The summed E-state index contributed by atoms with van der Waals surface area (Å²) in [5, 5.41) is 11.0. The predicted octanol–water partition coefficient (Wildman–Crippen LogP) is 3.09. The smallest absolute Gasteiger partial charge is 0.401 e. The second-order valence-corrected chi connectivity index (χ2v) is 4.59. The molecule has 0 aliphatic rings. The van der Waals surface area contributed by atoms with Crippen LogP contribution in [0.3, 0.4) is 0 Å². The number of rotatable bonds is 5. The van der Waals surface area contributed by atoms with E-state index in [-0.39, 0.29) is 5.92 Å². The molecule has 0 radical (unpaired) electrons. The molecule has 0 aromatic heterocycles. The van der Waals surface area contributed by atoms with Gasteiger partial charge in [-0.25, -0.2) is 0 Å². The lowest BCUT2D eigenvalue weighted by atomic mass is 9.99. The Kier molecular flexibility index (Phi) is 4.94. The number of carboxylic acid groups (broad SMARTS) is 1. The fourth-order valence-electron chi connectivity index (χ4n) is 1.64. The summed E-state index contributed by atoms with van der Waals surface area (Å²) >= 11 is 0. The summed E-state index contributed by atoms with van der Waals surface area (Å²) in [5.74, 6) is -1.05. The molecule has 1 atom stereocenters. The van der Waals surface area contributed by atoms with Gasteiger partial charge in [-0.3, -0.25) is 10.1 Å². The van der Waals surface area contributed by atoms with E-state index in [9.17, 15) is 18.0 Å². The van der Waals surface area contributed by atoms with E-state index in [1.165, 1.54) is 12.1 Å². The van der Waals surface area contributed by atoms with Gasteiger partial charge in [0, 0.05) is 0 Å². The third kappa shape index (κ3) is 4.90. The maximum atomic E-state index is 12.1. The molecule has 1 unspecified atom stereocenters. The molecule has 1 rings (SSSR count). The Morgan fingerprint density at radius 1 is 1.21 bits per heavy atom. The van der Waals surface area contributed by atoms with Gasteiger partial charge in [-0.1, -0.05) is 38.1 Å². The number of halogens is 3. The summed E-state index contributed by atoms with van der Waals surface area (Å²) in [4.78, 5) is 11.0. The lowest BCUT2D eigenvalue weighted by Gasteiger charge is -2.17. The molecule has 0 saturated heterocycles. The summed E-state index contributed by atoms with van der Waals surface area (Å²) in [5.41, 5.74) is 1.31. The monoisotopic (exact) mass is 275 g/mol. The molecule has 19 heavy (non-hydrogen) atoms. The van der Waals surface area contributed by atoms with Crippen LogP contribution in [0.5, 0.6) is 0 Å². The van der Waals surface area contributed by atoms with E-state index >= 15 is 0 Å². The van der Waals surface area contributed by atoms with Crippen LogP contribution in [0, 0.1) is 0 Å². The van der Waals surface area contributed by atoms with Gasteiger partial charge in [0.05, 0.1) is 6.54 Å². The number of carbonyl (C=O) groups is 1. The van der Waals surface area contributed by atoms with Gasteiger partial charge in [-0.05, 0) is 17.0 Å². The summed E-state index contributed by atoms with van der Waals surface area (Å²) in [7, 11) is 0. The first-order chi connectivity index (χ1) is 8.70. The van der Waals surface area contributed by atoms with Crippen molar-refractivity contribution < 1.29 is 23.1 Å². The molecule has 2 N–H and O–H groups in total. The third-order valence-electron chi connectivity index (χ3n) is 2.69. The first-order valence-corrected chi connectivity index (χ1v) is 5.83. The zero-order valence-electron chi connectivity index (χ0n) is 10.7. The van der Waals surface area contributed by atoms with Gasteiger partial charge in [-0.2, -0.15) is 13.2 Å². The van der Waals surface area contributed by atoms with Gasteiger partial charge in [-0.15, -0.1) is 0 Å². The van der Waals surface area contributed by atoms with Crippen molar-refractivity contribution in [2.24, 2.45) is 0 Å². The minimum absolute atomic E-state index is 0.278. The highest BCUT2D eigenvalue weighted by Gasteiger charge is 2.30. The zero-order chi connectivity index (χ0) is 14.6. The Balaban J connectivity index is 2.84. The van der Waals surface area contributed by atoms with E-state index in [4.69, 9.17) is 5.11 Å². The molecule has 1 aromatic rings. The summed E-state index contributed by atoms with van der Waals surface area (Å²) in [6.07, 6.45) is -4.44. The molecule has 1 aromatic carbocycles. The molecule has 3 nitrogen and oxygen atoms in total. The highest BCUT2D eigenvalue weighted by molar-refractivity contribution is 5.75. The normalized spacial score (nSPS) is 13.6. The first kappa shape index (κ1) is 15.5. The molecule has 0 fully saturated rings. The van der Waals surface area contributed by atoms with Crippen LogP contribution in [0.4, 0.5) is 13.2 Å². The maximum Gasteiger partial charge on any atom is 0.401 e. The average molecular weight is 275 g/mol. The second-order valence-electron chi connectivity index (χ2n) is 4.59. The van der Waals surface area contributed by atoms with Crippen molar-refractivity contribution >= 4 is 5.97 Å². The Labute approximate surface area is 109 Å². The highest BCUT2D eigenvalue weighted by Crippen LogP contribution is 2.20. The molecular formula is C13H16F3NO2. The Morgan fingerprint density at radius 2 is 1.68 bits per heavy atom. The average Bonchev–Trinajstić information content (AvgIpc) is 2.27. The van der Waals surface area contributed by atoms with Crippen molar-refractivity contribution in [1.29, 1.82) is 0 Å². The fourth-order valence-corrected chi connectivity index (χ4v) is 1.64. The lowest BCUT2D eigenvalue weighted by Crippen LogP contribution is -2.36. The summed E-state index contributed by atoms with van der Waals surface area (Å²) in [6.45, 7) is 2.62. The van der Waals surface area contributed by atoms with Crippen LogP contribution >= 0.6 is 0 Å². The molecule has 0 aliphatic carbocycles. The standard InChI is InChI=1S/C13H16F3NO2/c1-8(2)9-3-5-10(6-4-9)11(12(18)19)17-7-13(14,15)16/h3-6,8,11,17H,7H2,1-2H3,(H,18,19). The second kappa shape index (κ2) is 6.06. The van der Waals surface area contributed by atoms with Crippen LogP contribution in [0.25, 0.3) is 0 Å². The van der Waals surface area contributed by atoms with E-state index in [1.54, 1.807) is 12.1 Å². The van der Waals surface area contributed by atoms with Gasteiger partial charge in [0.15, 0.2) is 0 Å². The Bertz CT molecular complexity index is 427. The van der Waals surface area contributed by atoms with Gasteiger partial charge < -0.3 is 5.11 Å². The van der Waals surface area contributed by atoms with E-state index in [0.717, 1.165) is 5.56 Å². The minimum Gasteiger partial charge on any atom is -0.480 e. The number of alkyl halides is 3. The van der Waals surface area contributed by atoms with Crippen LogP contribution in [-0.4, -0.2) is 23.8 Å².